The van der Waals surface area contributed by atoms with Crippen molar-refractivity contribution >= 4 is 27.6 Å². The van der Waals surface area contributed by atoms with E-state index >= 15 is 0 Å². The number of hydrogen-bond donors (Lipinski definition) is 2. The van der Waals surface area contributed by atoms with Crippen LogP contribution in [0.5, 0.6) is 11.5 Å². The van der Waals surface area contributed by atoms with Crippen LogP contribution in [0, 0.1) is 0 Å². The highest BCUT2D eigenvalue weighted by Gasteiger charge is 2.41. The van der Waals surface area contributed by atoms with E-state index < -0.39 is 27.2 Å². The lowest BCUT2D eigenvalue weighted by Crippen LogP contribution is -2.47. The van der Waals surface area contributed by atoms with Crippen molar-refractivity contribution in [3.63, 3.8) is 0 Å². The number of carboxylic acids is 1. The van der Waals surface area contributed by atoms with Crippen LogP contribution in [0.1, 0.15) is 5.56 Å². The van der Waals surface area contributed by atoms with Crippen LogP contribution in [0.25, 0.3) is 0 Å². The molecule has 31 heavy (non-hydrogen) atoms. The Morgan fingerprint density at radius 1 is 0.871 bits per heavy atom. The molecule has 162 valence electrons. The molecule has 3 aromatic rings. The van der Waals surface area contributed by atoms with Gasteiger partial charge in [0.1, 0.15) is 11.5 Å². The molecule has 6 nitrogen and oxygen atoms in total. The summed E-state index contributed by atoms with van der Waals surface area (Å²) in [5, 5.41) is 20.1. The third-order valence-electron chi connectivity index (χ3n) is 4.44. The lowest BCUT2D eigenvalue weighted by atomic mass is 10.1. The maximum atomic E-state index is 12.8. The molecule has 1 atom stereocenters. The van der Waals surface area contributed by atoms with Crippen molar-refractivity contribution in [1.82, 2.24) is 0 Å². The fraction of sp³-hybridized carbons (Fsp3) is 0.174. The van der Waals surface area contributed by atoms with Gasteiger partial charge in [-0.15, -0.1) is 0 Å². The Balaban J connectivity index is 1.68. The summed E-state index contributed by atoms with van der Waals surface area (Å²) in [6.07, 6.45) is 0. The number of sulfone groups is 1. The molecular formula is C23H22O6S2. The monoisotopic (exact) mass is 458 g/mol. The average molecular weight is 459 g/mol. The molecule has 0 bridgehead atoms. The van der Waals surface area contributed by atoms with Crippen LogP contribution in [0.15, 0.2) is 89.8 Å². The first-order valence-electron chi connectivity index (χ1n) is 9.42. The van der Waals surface area contributed by atoms with Gasteiger partial charge in [0.05, 0.1) is 10.6 Å². The van der Waals surface area contributed by atoms with Crippen LogP contribution in [-0.2, 0) is 20.4 Å². The van der Waals surface area contributed by atoms with E-state index in [-0.39, 0.29) is 10.6 Å². The standard InChI is InChI=1S/C23H22O6S2/c24-22(25)23(26,16-30-15-18-7-3-1-4-8-18)17-31(27,28)21-13-11-20(12-14-21)29-19-9-5-2-6-10-19/h1-14,26H,15-17H2,(H,24,25). The zero-order chi connectivity index (χ0) is 22.3. The number of aliphatic carboxylic acids is 1. The lowest BCUT2D eigenvalue weighted by molar-refractivity contribution is -0.153. The molecule has 8 heteroatoms. The van der Waals surface area contributed by atoms with Crippen LogP contribution in [0.2, 0.25) is 0 Å². The van der Waals surface area contributed by atoms with Crippen molar-refractivity contribution in [1.29, 1.82) is 0 Å². The third-order valence-corrected chi connectivity index (χ3v) is 7.51. The second-order valence-electron chi connectivity index (χ2n) is 6.96. The maximum Gasteiger partial charge on any atom is 0.337 e. The van der Waals surface area contributed by atoms with Gasteiger partial charge in [-0.3, -0.25) is 0 Å². The highest BCUT2D eigenvalue weighted by atomic mass is 32.2. The molecule has 3 aromatic carbocycles. The molecule has 3 rings (SSSR count). The van der Waals surface area contributed by atoms with Gasteiger partial charge in [0.15, 0.2) is 15.4 Å². The fourth-order valence-electron chi connectivity index (χ4n) is 2.81. The summed E-state index contributed by atoms with van der Waals surface area (Å²) in [5.41, 5.74) is -1.45. The van der Waals surface area contributed by atoms with Crippen molar-refractivity contribution in [2.45, 2.75) is 16.2 Å². The summed E-state index contributed by atoms with van der Waals surface area (Å²) in [7, 11) is -4.05. The molecule has 0 aliphatic carbocycles. The Kier molecular flexibility index (Phi) is 7.37. The Labute approximate surface area is 185 Å². The summed E-state index contributed by atoms with van der Waals surface area (Å²) in [6, 6.07) is 24.0. The molecule has 0 heterocycles. The van der Waals surface area contributed by atoms with Crippen LogP contribution in [0.3, 0.4) is 0 Å². The predicted molar refractivity (Wildman–Crippen MR) is 120 cm³/mol. The Bertz CT molecular complexity index is 1100. The zero-order valence-electron chi connectivity index (χ0n) is 16.5. The molecule has 0 saturated heterocycles. The molecular weight excluding hydrogens is 436 g/mol. The van der Waals surface area contributed by atoms with Gasteiger partial charge in [0.25, 0.3) is 0 Å². The van der Waals surface area contributed by atoms with E-state index in [0.29, 0.717) is 17.3 Å². The van der Waals surface area contributed by atoms with Gasteiger partial charge in [-0.2, -0.15) is 11.8 Å². The van der Waals surface area contributed by atoms with Crippen LogP contribution < -0.4 is 4.74 Å². The van der Waals surface area contributed by atoms with Gasteiger partial charge in [0, 0.05) is 11.5 Å². The first-order valence-corrected chi connectivity index (χ1v) is 12.2. The average Bonchev–Trinajstić information content (AvgIpc) is 2.75. The van der Waals surface area contributed by atoms with E-state index in [1.807, 2.05) is 48.5 Å². The van der Waals surface area contributed by atoms with Gasteiger partial charge in [-0.25, -0.2) is 13.2 Å². The summed E-state index contributed by atoms with van der Waals surface area (Å²) in [6.45, 7) is 0. The third kappa shape index (κ3) is 6.33. The number of carbonyl (C=O) groups is 1. The Morgan fingerprint density at radius 2 is 1.42 bits per heavy atom. The van der Waals surface area contributed by atoms with Gasteiger partial charge >= 0.3 is 5.97 Å². The Morgan fingerprint density at radius 3 is 2.00 bits per heavy atom. The molecule has 0 amide bonds. The summed E-state index contributed by atoms with van der Waals surface area (Å²) in [4.78, 5) is 11.6. The summed E-state index contributed by atoms with van der Waals surface area (Å²) >= 11 is 1.17. The summed E-state index contributed by atoms with van der Waals surface area (Å²) < 4.78 is 31.2. The van der Waals surface area contributed by atoms with E-state index in [1.165, 1.54) is 36.0 Å². The number of aliphatic hydroxyl groups is 1. The number of para-hydroxylation sites is 1. The largest absolute Gasteiger partial charge is 0.479 e. The number of ether oxygens (including phenoxy) is 1. The SMILES string of the molecule is O=C(O)C(O)(CSCc1ccccc1)CS(=O)(=O)c1ccc(Oc2ccccc2)cc1. The minimum absolute atomic E-state index is 0.0827. The van der Waals surface area contributed by atoms with E-state index in [4.69, 9.17) is 4.74 Å². The smallest absolute Gasteiger partial charge is 0.337 e. The van der Waals surface area contributed by atoms with Crippen molar-refractivity contribution in [2.24, 2.45) is 0 Å². The quantitative estimate of drug-likeness (QED) is 0.473. The van der Waals surface area contributed by atoms with Gasteiger partial charge in [-0.05, 0) is 42.0 Å². The highest BCUT2D eigenvalue weighted by molar-refractivity contribution is 7.98. The van der Waals surface area contributed by atoms with Crippen LogP contribution in [0.4, 0.5) is 0 Å². The topological polar surface area (TPSA) is 101 Å². The second-order valence-corrected chi connectivity index (χ2v) is 9.94. The maximum absolute atomic E-state index is 12.8. The van der Waals surface area contributed by atoms with Crippen molar-refractivity contribution in [2.75, 3.05) is 11.5 Å². The first-order chi connectivity index (χ1) is 14.8. The van der Waals surface area contributed by atoms with Crippen molar-refractivity contribution in [3.05, 3.63) is 90.5 Å². The van der Waals surface area contributed by atoms with Gasteiger partial charge in [0.2, 0.25) is 0 Å². The summed E-state index contributed by atoms with van der Waals surface area (Å²) in [5.74, 6) is -1.24. The normalized spacial score (nSPS) is 13.3. The van der Waals surface area contributed by atoms with Crippen molar-refractivity contribution < 1.29 is 28.2 Å². The van der Waals surface area contributed by atoms with Gasteiger partial charge in [-0.1, -0.05) is 48.5 Å². The van der Waals surface area contributed by atoms with Gasteiger partial charge < -0.3 is 14.9 Å². The number of carboxylic acid groups (broad SMARTS) is 1. The molecule has 0 aromatic heterocycles. The first kappa shape index (κ1) is 22.9. The molecule has 0 aliphatic heterocycles. The fourth-order valence-corrected chi connectivity index (χ4v) is 5.61. The number of benzene rings is 3. The Hall–Kier alpha value is -2.81. The van der Waals surface area contributed by atoms with E-state index in [9.17, 15) is 23.4 Å². The number of thioether (sulfide) groups is 1. The van der Waals surface area contributed by atoms with E-state index in [1.54, 1.807) is 12.1 Å². The number of hydrogen-bond acceptors (Lipinski definition) is 6. The van der Waals surface area contributed by atoms with E-state index in [0.717, 1.165) is 5.56 Å². The lowest BCUT2D eigenvalue weighted by Gasteiger charge is -2.23. The minimum atomic E-state index is -4.05. The molecule has 2 N–H and O–H groups in total. The second kappa shape index (κ2) is 10.00. The molecule has 1 unspecified atom stereocenters. The molecule has 0 spiro atoms. The highest BCUT2D eigenvalue weighted by Crippen LogP contribution is 2.26. The molecule has 0 radical (unpaired) electrons. The molecule has 0 aliphatic rings. The van der Waals surface area contributed by atoms with E-state index in [2.05, 4.69) is 0 Å². The van der Waals surface area contributed by atoms with Crippen molar-refractivity contribution in [3.8, 4) is 11.5 Å². The van der Waals surface area contributed by atoms with Crippen LogP contribution >= 0.6 is 11.8 Å². The molecule has 0 saturated carbocycles. The molecule has 0 fully saturated rings. The number of rotatable bonds is 10. The zero-order valence-corrected chi connectivity index (χ0v) is 18.2. The predicted octanol–water partition coefficient (Wildman–Crippen LogP) is 4.00. The van der Waals surface area contributed by atoms with Crippen LogP contribution in [-0.4, -0.2) is 41.7 Å². The minimum Gasteiger partial charge on any atom is -0.479 e.